The predicted molar refractivity (Wildman–Crippen MR) is 111 cm³/mol. The fourth-order valence-corrected chi connectivity index (χ4v) is 5.36. The van der Waals surface area contributed by atoms with Crippen LogP contribution in [0.15, 0.2) is 81.1 Å². The molecule has 0 radical (unpaired) electrons. The molecule has 2 aromatic carbocycles. The van der Waals surface area contributed by atoms with Gasteiger partial charge in [0.1, 0.15) is 5.76 Å². The lowest BCUT2D eigenvalue weighted by atomic mass is 10.0. The highest BCUT2D eigenvalue weighted by Crippen LogP contribution is 2.35. The molecule has 0 saturated heterocycles. The van der Waals surface area contributed by atoms with Crippen LogP contribution in [0.1, 0.15) is 34.1 Å². The zero-order chi connectivity index (χ0) is 20.3. The van der Waals surface area contributed by atoms with E-state index in [1.807, 2.05) is 18.2 Å². The zero-order valence-electron chi connectivity index (χ0n) is 15.5. The molecule has 4 rings (SSSR count). The number of carbonyl (C=O) groups excluding carboxylic acids is 1. The zero-order valence-corrected chi connectivity index (χ0v) is 17.1. The first-order chi connectivity index (χ1) is 14.0. The minimum Gasteiger partial charge on any atom is -0.468 e. The number of hydrogen-bond acceptors (Lipinski definition) is 5. The molecule has 3 aromatic rings. The number of thioether (sulfide) groups is 1. The summed E-state index contributed by atoms with van der Waals surface area (Å²) in [5.41, 5.74) is 1.41. The minimum atomic E-state index is -3.77. The van der Waals surface area contributed by atoms with E-state index in [9.17, 15) is 13.2 Å². The van der Waals surface area contributed by atoms with Crippen LogP contribution in [-0.4, -0.2) is 20.1 Å². The minimum absolute atomic E-state index is 0.0382. The SMILES string of the molecule is O=C(N[C@@H]1CCSc2ccccc21)c1cccc(S(=O)(=O)NCc2ccco2)c1. The van der Waals surface area contributed by atoms with E-state index in [2.05, 4.69) is 16.1 Å². The van der Waals surface area contributed by atoms with Crippen molar-refractivity contribution in [3.63, 3.8) is 0 Å². The van der Waals surface area contributed by atoms with Gasteiger partial charge in [0, 0.05) is 16.2 Å². The summed E-state index contributed by atoms with van der Waals surface area (Å²) in [6, 6.07) is 17.4. The molecule has 0 fully saturated rings. The number of hydrogen-bond donors (Lipinski definition) is 2. The molecular weight excluding hydrogens is 408 g/mol. The van der Waals surface area contributed by atoms with E-state index in [4.69, 9.17) is 4.42 Å². The summed E-state index contributed by atoms with van der Waals surface area (Å²) in [5.74, 6) is 1.14. The molecular formula is C21H20N2O4S2. The van der Waals surface area contributed by atoms with E-state index in [0.29, 0.717) is 11.3 Å². The third-order valence-electron chi connectivity index (χ3n) is 4.69. The summed E-state index contributed by atoms with van der Waals surface area (Å²) in [6.45, 7) is 0.0439. The van der Waals surface area contributed by atoms with E-state index >= 15 is 0 Å². The number of amides is 1. The molecule has 0 unspecified atom stereocenters. The molecule has 0 aliphatic carbocycles. The number of benzene rings is 2. The highest BCUT2D eigenvalue weighted by molar-refractivity contribution is 7.99. The van der Waals surface area contributed by atoms with Crippen molar-refractivity contribution in [2.75, 3.05) is 5.75 Å². The average molecular weight is 429 g/mol. The van der Waals surface area contributed by atoms with E-state index in [1.54, 1.807) is 36.0 Å². The highest BCUT2D eigenvalue weighted by atomic mass is 32.2. The maximum atomic E-state index is 12.8. The predicted octanol–water partition coefficient (Wildman–Crippen LogP) is 3.73. The van der Waals surface area contributed by atoms with E-state index in [0.717, 1.165) is 17.7 Å². The van der Waals surface area contributed by atoms with E-state index in [1.165, 1.54) is 23.3 Å². The summed E-state index contributed by atoms with van der Waals surface area (Å²) in [6.07, 6.45) is 2.31. The van der Waals surface area contributed by atoms with Gasteiger partial charge in [0.2, 0.25) is 10.0 Å². The summed E-state index contributed by atoms with van der Waals surface area (Å²) < 4.78 is 32.8. The second-order valence-corrected chi connectivity index (χ2v) is 9.54. The normalized spacial score (nSPS) is 16.2. The van der Waals surface area contributed by atoms with Crippen LogP contribution in [0.25, 0.3) is 0 Å². The number of nitrogens with one attached hydrogen (secondary N) is 2. The fourth-order valence-electron chi connectivity index (χ4n) is 3.20. The van der Waals surface area contributed by atoms with Crippen molar-refractivity contribution in [1.82, 2.24) is 10.0 Å². The standard InChI is InChI=1S/C21H20N2O4S2/c24-21(23-19-10-12-28-20-9-2-1-8-18(19)20)15-5-3-7-17(13-15)29(25,26)22-14-16-6-4-11-27-16/h1-9,11,13,19,22H,10,12,14H2,(H,23,24)/t19-/m1/s1. The van der Waals surface area contributed by atoms with Gasteiger partial charge in [0.05, 0.1) is 23.7 Å². The van der Waals surface area contributed by atoms with Crippen LogP contribution in [0.5, 0.6) is 0 Å². The monoisotopic (exact) mass is 428 g/mol. The molecule has 0 saturated carbocycles. The number of rotatable bonds is 6. The van der Waals surface area contributed by atoms with Crippen LogP contribution in [0.3, 0.4) is 0 Å². The smallest absolute Gasteiger partial charge is 0.251 e. The van der Waals surface area contributed by atoms with Gasteiger partial charge in [-0.3, -0.25) is 4.79 Å². The lowest BCUT2D eigenvalue weighted by Crippen LogP contribution is -2.31. The third-order valence-corrected chi connectivity index (χ3v) is 7.21. The Bertz CT molecular complexity index is 1110. The number of sulfonamides is 1. The van der Waals surface area contributed by atoms with Gasteiger partial charge in [-0.05, 0) is 48.4 Å². The molecule has 2 heterocycles. The van der Waals surface area contributed by atoms with Crippen molar-refractivity contribution < 1.29 is 17.6 Å². The van der Waals surface area contributed by atoms with Gasteiger partial charge in [-0.25, -0.2) is 13.1 Å². The van der Waals surface area contributed by atoms with Gasteiger partial charge < -0.3 is 9.73 Å². The van der Waals surface area contributed by atoms with Gasteiger partial charge in [-0.2, -0.15) is 0 Å². The molecule has 2 N–H and O–H groups in total. The summed E-state index contributed by atoms with van der Waals surface area (Å²) >= 11 is 1.78. The largest absolute Gasteiger partial charge is 0.468 e. The Morgan fingerprint density at radius 1 is 1.10 bits per heavy atom. The van der Waals surface area contributed by atoms with Crippen molar-refractivity contribution in [3.8, 4) is 0 Å². The quantitative estimate of drug-likeness (QED) is 0.625. The van der Waals surface area contributed by atoms with Crippen molar-refractivity contribution in [1.29, 1.82) is 0 Å². The lowest BCUT2D eigenvalue weighted by Gasteiger charge is -2.26. The Hall–Kier alpha value is -2.55. The maximum absolute atomic E-state index is 12.8. The molecule has 1 aliphatic heterocycles. The second-order valence-electron chi connectivity index (χ2n) is 6.63. The van der Waals surface area contributed by atoms with Gasteiger partial charge in [0.15, 0.2) is 0 Å². The van der Waals surface area contributed by atoms with Crippen LogP contribution < -0.4 is 10.0 Å². The Balaban J connectivity index is 1.49. The maximum Gasteiger partial charge on any atom is 0.251 e. The fraction of sp³-hybridized carbons (Fsp3) is 0.190. The van der Waals surface area contributed by atoms with Gasteiger partial charge in [-0.1, -0.05) is 24.3 Å². The van der Waals surface area contributed by atoms with E-state index in [-0.39, 0.29) is 23.4 Å². The average Bonchev–Trinajstić information content (AvgIpc) is 3.26. The molecule has 1 aromatic heterocycles. The molecule has 1 atom stereocenters. The molecule has 29 heavy (non-hydrogen) atoms. The first-order valence-electron chi connectivity index (χ1n) is 9.18. The Labute approximate surface area is 173 Å². The molecule has 6 nitrogen and oxygen atoms in total. The van der Waals surface area contributed by atoms with Gasteiger partial charge in [-0.15, -0.1) is 11.8 Å². The number of fused-ring (bicyclic) bond motifs is 1. The number of furan rings is 1. The van der Waals surface area contributed by atoms with Gasteiger partial charge >= 0.3 is 0 Å². The Morgan fingerprint density at radius 3 is 2.79 bits per heavy atom. The Kier molecular flexibility index (Phi) is 5.75. The van der Waals surface area contributed by atoms with Crippen molar-refractivity contribution in [2.45, 2.75) is 28.8 Å². The summed E-state index contributed by atoms with van der Waals surface area (Å²) in [4.78, 5) is 14.0. The van der Waals surface area contributed by atoms with Crippen LogP contribution in [-0.2, 0) is 16.6 Å². The first kappa shape index (κ1) is 19.8. The van der Waals surface area contributed by atoms with Crippen molar-refractivity contribution >= 4 is 27.7 Å². The first-order valence-corrected chi connectivity index (χ1v) is 11.6. The van der Waals surface area contributed by atoms with Crippen LogP contribution in [0.2, 0.25) is 0 Å². The molecule has 150 valence electrons. The Morgan fingerprint density at radius 2 is 1.97 bits per heavy atom. The van der Waals surface area contributed by atoms with E-state index < -0.39 is 10.0 Å². The molecule has 1 aliphatic rings. The van der Waals surface area contributed by atoms with Crippen molar-refractivity contribution in [2.24, 2.45) is 0 Å². The second kappa shape index (κ2) is 8.44. The molecule has 0 bridgehead atoms. The molecule has 1 amide bonds. The summed E-state index contributed by atoms with van der Waals surface area (Å²) in [7, 11) is -3.77. The number of carbonyl (C=O) groups is 1. The highest BCUT2D eigenvalue weighted by Gasteiger charge is 2.23. The van der Waals surface area contributed by atoms with Crippen LogP contribution >= 0.6 is 11.8 Å². The van der Waals surface area contributed by atoms with Crippen molar-refractivity contribution in [3.05, 3.63) is 83.8 Å². The summed E-state index contributed by atoms with van der Waals surface area (Å²) in [5, 5.41) is 3.04. The third kappa shape index (κ3) is 4.55. The molecule has 8 heteroatoms. The van der Waals surface area contributed by atoms with Crippen LogP contribution in [0.4, 0.5) is 0 Å². The van der Waals surface area contributed by atoms with Gasteiger partial charge in [0.25, 0.3) is 5.91 Å². The molecule has 0 spiro atoms. The topological polar surface area (TPSA) is 88.4 Å². The van der Waals surface area contributed by atoms with Crippen LogP contribution in [0, 0.1) is 0 Å². The lowest BCUT2D eigenvalue weighted by molar-refractivity contribution is 0.0934.